The summed E-state index contributed by atoms with van der Waals surface area (Å²) in [5.74, 6) is 1.36. The molecule has 0 spiro atoms. The fourth-order valence-corrected chi connectivity index (χ4v) is 2.48. The minimum absolute atomic E-state index is 0.347. The minimum atomic E-state index is 0.347. The normalized spacial score (nSPS) is 12.1. The van der Waals surface area contributed by atoms with Crippen molar-refractivity contribution in [1.29, 1.82) is 0 Å². The van der Waals surface area contributed by atoms with Crippen LogP contribution in [0.2, 0.25) is 0 Å². The topological polar surface area (TPSA) is 21.3 Å². The second-order valence-corrected chi connectivity index (χ2v) is 5.33. The first-order valence-electron chi connectivity index (χ1n) is 7.74. The molecule has 0 aromatic heterocycles. The van der Waals surface area contributed by atoms with Crippen molar-refractivity contribution in [2.45, 2.75) is 25.7 Å². The summed E-state index contributed by atoms with van der Waals surface area (Å²) in [6.07, 6.45) is 2.22. The highest BCUT2D eigenvalue weighted by Crippen LogP contribution is 2.31. The summed E-state index contributed by atoms with van der Waals surface area (Å²) in [4.78, 5) is 0. The molecule has 0 saturated carbocycles. The smallest absolute Gasteiger partial charge is 0.123 e. The molecule has 0 aliphatic rings. The molecule has 2 aromatic carbocycles. The second-order valence-electron chi connectivity index (χ2n) is 5.33. The van der Waals surface area contributed by atoms with Crippen molar-refractivity contribution in [3.63, 3.8) is 0 Å². The molecular weight excluding hydrogens is 258 g/mol. The van der Waals surface area contributed by atoms with Crippen molar-refractivity contribution >= 4 is 0 Å². The average molecular weight is 283 g/mol. The van der Waals surface area contributed by atoms with E-state index >= 15 is 0 Å². The molecule has 0 amide bonds. The van der Waals surface area contributed by atoms with Crippen LogP contribution >= 0.6 is 0 Å². The van der Waals surface area contributed by atoms with Crippen LogP contribution in [0.1, 0.15) is 36.8 Å². The van der Waals surface area contributed by atoms with Crippen LogP contribution in [0.15, 0.2) is 54.6 Å². The lowest BCUT2D eigenvalue weighted by Crippen LogP contribution is -2.09. The number of para-hydroxylation sites is 1. The number of rotatable bonds is 8. The third-order valence-corrected chi connectivity index (χ3v) is 3.76. The summed E-state index contributed by atoms with van der Waals surface area (Å²) in [6, 6.07) is 19.0. The molecule has 0 heterocycles. The lowest BCUT2D eigenvalue weighted by atomic mass is 9.92. The molecule has 0 radical (unpaired) electrons. The van der Waals surface area contributed by atoms with Crippen LogP contribution in [0.3, 0.4) is 0 Å². The summed E-state index contributed by atoms with van der Waals surface area (Å²) < 4.78 is 6.00. The molecule has 0 aliphatic heterocycles. The maximum Gasteiger partial charge on any atom is 0.123 e. The SMILES string of the molecule is CNCCCCOc1ccccc1C(C)c1ccccc1. The summed E-state index contributed by atoms with van der Waals surface area (Å²) in [5, 5.41) is 3.16. The Morgan fingerprint density at radius 1 is 0.952 bits per heavy atom. The standard InChI is InChI=1S/C19H25NO/c1-16(17-10-4-3-5-11-17)18-12-6-7-13-19(18)21-15-9-8-14-20-2/h3-7,10-13,16,20H,8-9,14-15H2,1-2H3. The molecule has 1 atom stereocenters. The molecule has 2 heteroatoms. The minimum Gasteiger partial charge on any atom is -0.493 e. The van der Waals surface area contributed by atoms with Crippen LogP contribution in [-0.2, 0) is 0 Å². The number of hydrogen-bond acceptors (Lipinski definition) is 2. The number of unbranched alkanes of at least 4 members (excludes halogenated alkanes) is 1. The Balaban J connectivity index is 2.03. The Kier molecular flexibility index (Phi) is 6.29. The van der Waals surface area contributed by atoms with Gasteiger partial charge in [-0.25, -0.2) is 0 Å². The van der Waals surface area contributed by atoms with Gasteiger partial charge in [-0.15, -0.1) is 0 Å². The molecule has 2 nitrogen and oxygen atoms in total. The molecular formula is C19H25NO. The average Bonchev–Trinajstić information content (AvgIpc) is 2.55. The zero-order valence-corrected chi connectivity index (χ0v) is 13.0. The number of benzene rings is 2. The molecule has 0 saturated heterocycles. The Hall–Kier alpha value is -1.80. The Labute approximate surface area is 128 Å². The van der Waals surface area contributed by atoms with Crippen molar-refractivity contribution in [2.24, 2.45) is 0 Å². The van der Waals surface area contributed by atoms with E-state index in [1.54, 1.807) is 0 Å². The first-order chi connectivity index (χ1) is 10.3. The number of hydrogen-bond donors (Lipinski definition) is 1. The molecule has 2 rings (SSSR count). The molecule has 0 bridgehead atoms. The van der Waals surface area contributed by atoms with E-state index in [0.29, 0.717) is 5.92 Å². The molecule has 0 fully saturated rings. The van der Waals surface area contributed by atoms with E-state index in [1.807, 2.05) is 13.1 Å². The van der Waals surface area contributed by atoms with Crippen molar-refractivity contribution < 1.29 is 4.74 Å². The lowest BCUT2D eigenvalue weighted by Gasteiger charge is -2.17. The zero-order valence-electron chi connectivity index (χ0n) is 13.0. The van der Waals surface area contributed by atoms with Gasteiger partial charge in [0.25, 0.3) is 0 Å². The maximum atomic E-state index is 6.00. The van der Waals surface area contributed by atoms with Gasteiger partial charge in [0.2, 0.25) is 0 Å². The number of nitrogens with one attached hydrogen (secondary N) is 1. The highest BCUT2D eigenvalue weighted by Gasteiger charge is 2.12. The monoisotopic (exact) mass is 283 g/mol. The lowest BCUT2D eigenvalue weighted by molar-refractivity contribution is 0.303. The van der Waals surface area contributed by atoms with Crippen LogP contribution in [-0.4, -0.2) is 20.2 Å². The summed E-state index contributed by atoms with van der Waals surface area (Å²) in [7, 11) is 1.98. The van der Waals surface area contributed by atoms with E-state index in [1.165, 1.54) is 11.1 Å². The maximum absolute atomic E-state index is 6.00. The van der Waals surface area contributed by atoms with Gasteiger partial charge in [-0.3, -0.25) is 0 Å². The Bertz CT molecular complexity index is 524. The third-order valence-electron chi connectivity index (χ3n) is 3.76. The second kappa shape index (κ2) is 8.48. The summed E-state index contributed by atoms with van der Waals surface area (Å²) in [5.41, 5.74) is 2.58. The van der Waals surface area contributed by atoms with E-state index in [4.69, 9.17) is 4.74 Å². The van der Waals surface area contributed by atoms with Crippen molar-refractivity contribution in [3.8, 4) is 5.75 Å². The molecule has 0 aliphatic carbocycles. The van der Waals surface area contributed by atoms with E-state index in [2.05, 4.69) is 60.8 Å². The number of ether oxygens (including phenoxy) is 1. The summed E-state index contributed by atoms with van der Waals surface area (Å²) in [6.45, 7) is 4.06. The fourth-order valence-electron chi connectivity index (χ4n) is 2.48. The molecule has 1 N–H and O–H groups in total. The van der Waals surface area contributed by atoms with Crippen molar-refractivity contribution in [3.05, 3.63) is 65.7 Å². The van der Waals surface area contributed by atoms with Gasteiger partial charge in [0.1, 0.15) is 5.75 Å². The Morgan fingerprint density at radius 2 is 1.67 bits per heavy atom. The van der Waals surface area contributed by atoms with Gasteiger partial charge >= 0.3 is 0 Å². The molecule has 2 aromatic rings. The van der Waals surface area contributed by atoms with E-state index in [-0.39, 0.29) is 0 Å². The van der Waals surface area contributed by atoms with Gasteiger partial charge in [0, 0.05) is 11.5 Å². The van der Waals surface area contributed by atoms with Crippen LogP contribution in [0.5, 0.6) is 5.75 Å². The van der Waals surface area contributed by atoms with E-state index in [0.717, 1.165) is 31.7 Å². The predicted octanol–water partition coefficient (Wildman–Crippen LogP) is 4.22. The van der Waals surface area contributed by atoms with Crippen molar-refractivity contribution in [1.82, 2.24) is 5.32 Å². The van der Waals surface area contributed by atoms with Crippen LogP contribution in [0.25, 0.3) is 0 Å². The van der Waals surface area contributed by atoms with Crippen LogP contribution in [0.4, 0.5) is 0 Å². The highest BCUT2D eigenvalue weighted by atomic mass is 16.5. The first kappa shape index (κ1) is 15.6. The van der Waals surface area contributed by atoms with Gasteiger partial charge in [-0.1, -0.05) is 55.5 Å². The highest BCUT2D eigenvalue weighted by molar-refractivity contribution is 5.41. The predicted molar refractivity (Wildman–Crippen MR) is 89.1 cm³/mol. The largest absolute Gasteiger partial charge is 0.493 e. The summed E-state index contributed by atoms with van der Waals surface area (Å²) >= 11 is 0. The molecule has 21 heavy (non-hydrogen) atoms. The van der Waals surface area contributed by atoms with Crippen LogP contribution < -0.4 is 10.1 Å². The zero-order chi connectivity index (χ0) is 14.9. The van der Waals surface area contributed by atoms with Gasteiger partial charge < -0.3 is 10.1 Å². The van der Waals surface area contributed by atoms with Gasteiger partial charge in [0.05, 0.1) is 6.61 Å². The Morgan fingerprint density at radius 3 is 2.43 bits per heavy atom. The van der Waals surface area contributed by atoms with Gasteiger partial charge in [0.15, 0.2) is 0 Å². The quantitative estimate of drug-likeness (QED) is 0.733. The molecule has 1 unspecified atom stereocenters. The van der Waals surface area contributed by atoms with Crippen LogP contribution in [0, 0.1) is 0 Å². The van der Waals surface area contributed by atoms with Gasteiger partial charge in [-0.2, -0.15) is 0 Å². The van der Waals surface area contributed by atoms with E-state index in [9.17, 15) is 0 Å². The molecule has 112 valence electrons. The fraction of sp³-hybridized carbons (Fsp3) is 0.368. The third kappa shape index (κ3) is 4.61. The van der Waals surface area contributed by atoms with Crippen molar-refractivity contribution in [2.75, 3.05) is 20.2 Å². The van der Waals surface area contributed by atoms with Gasteiger partial charge in [-0.05, 0) is 38.1 Å². The van der Waals surface area contributed by atoms with E-state index < -0.39 is 0 Å². The first-order valence-corrected chi connectivity index (χ1v) is 7.74.